The lowest BCUT2D eigenvalue weighted by atomic mass is 10.0. The molecule has 0 aliphatic rings. The van der Waals surface area contributed by atoms with Crippen LogP contribution in [0.5, 0.6) is 11.5 Å². The molecule has 0 aromatic heterocycles. The van der Waals surface area contributed by atoms with Crippen LogP contribution >= 0.6 is 0 Å². The van der Waals surface area contributed by atoms with E-state index >= 15 is 0 Å². The molecule has 2 rings (SSSR count). The first-order valence-corrected chi connectivity index (χ1v) is 9.10. The van der Waals surface area contributed by atoms with E-state index in [0.717, 1.165) is 28.2 Å². The highest BCUT2D eigenvalue weighted by molar-refractivity contribution is 5.81. The van der Waals surface area contributed by atoms with Crippen LogP contribution < -0.4 is 14.8 Å². The fourth-order valence-electron chi connectivity index (χ4n) is 3.20. The normalized spacial score (nSPS) is 12.0. The van der Waals surface area contributed by atoms with Crippen molar-refractivity contribution in [2.75, 3.05) is 21.3 Å². The Morgan fingerprint density at radius 1 is 1.07 bits per heavy atom. The lowest BCUT2D eigenvalue weighted by Crippen LogP contribution is -2.42. The molecule has 0 saturated carbocycles. The number of carbonyl (C=O) groups excluding carboxylic acids is 1. The van der Waals surface area contributed by atoms with E-state index in [9.17, 15) is 4.79 Å². The summed E-state index contributed by atoms with van der Waals surface area (Å²) >= 11 is 0. The fraction of sp³-hybridized carbons (Fsp3) is 0.409. The molecule has 0 heterocycles. The van der Waals surface area contributed by atoms with Crippen LogP contribution in [-0.4, -0.2) is 38.1 Å². The minimum absolute atomic E-state index is 0.00211. The molecule has 0 aliphatic carbocycles. The molecule has 0 saturated heterocycles. The summed E-state index contributed by atoms with van der Waals surface area (Å²) in [5, 5.41) is 3.00. The van der Waals surface area contributed by atoms with Crippen molar-refractivity contribution in [2.45, 2.75) is 39.9 Å². The van der Waals surface area contributed by atoms with Gasteiger partial charge in [-0.2, -0.15) is 0 Å². The SMILES string of the molecule is COc1cccc(CNC(=O)C(C)N(C)Cc2cc(C)c(OC)c(C)c2)c1. The molecule has 0 bridgehead atoms. The van der Waals surface area contributed by atoms with Crippen LogP contribution in [0.4, 0.5) is 0 Å². The van der Waals surface area contributed by atoms with Crippen LogP contribution in [0.1, 0.15) is 29.2 Å². The molecule has 27 heavy (non-hydrogen) atoms. The standard InChI is InChI=1S/C22H30N2O3/c1-15-10-19(11-16(2)21(15)27-6)14-24(4)17(3)22(25)23-13-18-8-7-9-20(12-18)26-5/h7-12,17H,13-14H2,1-6H3,(H,23,25). The van der Waals surface area contributed by atoms with E-state index < -0.39 is 0 Å². The Morgan fingerprint density at radius 2 is 1.74 bits per heavy atom. The van der Waals surface area contributed by atoms with Crippen molar-refractivity contribution in [2.24, 2.45) is 0 Å². The molecule has 0 radical (unpaired) electrons. The molecule has 0 aliphatic heterocycles. The molecule has 1 N–H and O–H groups in total. The minimum atomic E-state index is -0.238. The number of hydrogen-bond acceptors (Lipinski definition) is 4. The van der Waals surface area contributed by atoms with Crippen molar-refractivity contribution in [1.82, 2.24) is 10.2 Å². The Kier molecular flexibility index (Phi) is 7.25. The number of carbonyl (C=O) groups is 1. The molecule has 2 aromatic carbocycles. The van der Waals surface area contributed by atoms with Gasteiger partial charge in [0.2, 0.25) is 5.91 Å². The van der Waals surface area contributed by atoms with Gasteiger partial charge < -0.3 is 14.8 Å². The van der Waals surface area contributed by atoms with E-state index in [1.165, 1.54) is 5.56 Å². The Hall–Kier alpha value is -2.53. The van der Waals surface area contributed by atoms with E-state index in [2.05, 4.69) is 17.4 Å². The van der Waals surface area contributed by atoms with Gasteiger partial charge in [0.15, 0.2) is 0 Å². The summed E-state index contributed by atoms with van der Waals surface area (Å²) in [6.07, 6.45) is 0. The van der Waals surface area contributed by atoms with Crippen molar-refractivity contribution in [3.63, 3.8) is 0 Å². The second kappa shape index (κ2) is 9.42. The van der Waals surface area contributed by atoms with Crippen molar-refractivity contribution in [3.8, 4) is 11.5 Å². The van der Waals surface area contributed by atoms with E-state index in [1.54, 1.807) is 14.2 Å². The van der Waals surface area contributed by atoms with Crippen molar-refractivity contribution >= 4 is 5.91 Å². The number of nitrogens with one attached hydrogen (secondary N) is 1. The Labute approximate surface area is 162 Å². The number of hydrogen-bond donors (Lipinski definition) is 1. The van der Waals surface area contributed by atoms with Crippen LogP contribution in [-0.2, 0) is 17.9 Å². The minimum Gasteiger partial charge on any atom is -0.497 e. The average Bonchev–Trinajstić information content (AvgIpc) is 2.65. The Bertz CT molecular complexity index is 766. The zero-order valence-electron chi connectivity index (χ0n) is 17.1. The second-order valence-electron chi connectivity index (χ2n) is 6.92. The first-order valence-electron chi connectivity index (χ1n) is 9.10. The summed E-state index contributed by atoms with van der Waals surface area (Å²) in [5.41, 5.74) is 4.40. The number of ether oxygens (including phenoxy) is 2. The maximum absolute atomic E-state index is 12.5. The summed E-state index contributed by atoms with van der Waals surface area (Å²) in [5.74, 6) is 1.71. The van der Waals surface area contributed by atoms with Crippen LogP contribution in [0.25, 0.3) is 0 Å². The highest BCUT2D eigenvalue weighted by atomic mass is 16.5. The molecular formula is C22H30N2O3. The van der Waals surface area contributed by atoms with E-state index in [4.69, 9.17) is 9.47 Å². The summed E-state index contributed by atoms with van der Waals surface area (Å²) in [4.78, 5) is 14.6. The third-order valence-corrected chi connectivity index (χ3v) is 4.80. The lowest BCUT2D eigenvalue weighted by molar-refractivity contribution is -0.125. The average molecular weight is 370 g/mol. The van der Waals surface area contributed by atoms with E-state index in [0.29, 0.717) is 13.1 Å². The quantitative estimate of drug-likeness (QED) is 0.773. The molecule has 1 unspecified atom stereocenters. The van der Waals surface area contributed by atoms with Crippen molar-refractivity contribution in [3.05, 3.63) is 58.7 Å². The highest BCUT2D eigenvalue weighted by Crippen LogP contribution is 2.25. The van der Waals surface area contributed by atoms with Gasteiger partial charge in [0, 0.05) is 13.1 Å². The van der Waals surface area contributed by atoms with Gasteiger partial charge in [-0.25, -0.2) is 0 Å². The molecule has 2 aromatic rings. The first kappa shape index (κ1) is 20.8. The summed E-state index contributed by atoms with van der Waals surface area (Å²) in [6.45, 7) is 7.18. The van der Waals surface area contributed by atoms with Gasteiger partial charge in [-0.1, -0.05) is 24.3 Å². The third-order valence-electron chi connectivity index (χ3n) is 4.80. The van der Waals surface area contributed by atoms with Gasteiger partial charge in [-0.3, -0.25) is 9.69 Å². The number of rotatable bonds is 8. The van der Waals surface area contributed by atoms with Gasteiger partial charge in [0.05, 0.1) is 20.3 Å². The summed E-state index contributed by atoms with van der Waals surface area (Å²) in [7, 11) is 5.29. The molecular weight excluding hydrogens is 340 g/mol. The predicted molar refractivity (Wildman–Crippen MR) is 108 cm³/mol. The van der Waals surface area contributed by atoms with Gasteiger partial charge in [-0.15, -0.1) is 0 Å². The first-order chi connectivity index (χ1) is 12.8. The number of aryl methyl sites for hydroxylation is 2. The van der Waals surface area contributed by atoms with Crippen LogP contribution in [0.15, 0.2) is 36.4 Å². The zero-order chi connectivity index (χ0) is 20.0. The van der Waals surface area contributed by atoms with Crippen LogP contribution in [0.2, 0.25) is 0 Å². The molecule has 5 heteroatoms. The summed E-state index contributed by atoms with van der Waals surface area (Å²) < 4.78 is 10.6. The number of amides is 1. The predicted octanol–water partition coefficient (Wildman–Crippen LogP) is 3.46. The number of likely N-dealkylation sites (N-methyl/N-ethyl adjacent to an activating group) is 1. The Balaban J connectivity index is 1.95. The molecule has 1 amide bonds. The number of methoxy groups -OCH3 is 2. The topological polar surface area (TPSA) is 50.8 Å². The van der Waals surface area contributed by atoms with Gasteiger partial charge in [0.1, 0.15) is 11.5 Å². The third kappa shape index (κ3) is 5.47. The van der Waals surface area contributed by atoms with Gasteiger partial charge in [0.25, 0.3) is 0 Å². The maximum Gasteiger partial charge on any atom is 0.237 e. The van der Waals surface area contributed by atoms with Crippen molar-refractivity contribution < 1.29 is 14.3 Å². The number of nitrogens with zero attached hydrogens (tertiary/aromatic N) is 1. The highest BCUT2D eigenvalue weighted by Gasteiger charge is 2.18. The van der Waals surface area contributed by atoms with E-state index in [1.807, 2.05) is 57.0 Å². The molecule has 146 valence electrons. The van der Waals surface area contributed by atoms with Crippen LogP contribution in [0, 0.1) is 13.8 Å². The molecule has 0 fully saturated rings. The fourth-order valence-corrected chi connectivity index (χ4v) is 3.20. The molecule has 0 spiro atoms. The zero-order valence-corrected chi connectivity index (χ0v) is 17.1. The number of benzene rings is 2. The van der Waals surface area contributed by atoms with Crippen LogP contribution in [0.3, 0.4) is 0 Å². The molecule has 5 nitrogen and oxygen atoms in total. The lowest BCUT2D eigenvalue weighted by Gasteiger charge is -2.24. The maximum atomic E-state index is 12.5. The largest absolute Gasteiger partial charge is 0.497 e. The monoisotopic (exact) mass is 370 g/mol. The van der Waals surface area contributed by atoms with E-state index in [-0.39, 0.29) is 11.9 Å². The summed E-state index contributed by atoms with van der Waals surface area (Å²) in [6, 6.07) is 11.7. The second-order valence-corrected chi connectivity index (χ2v) is 6.92. The van der Waals surface area contributed by atoms with Gasteiger partial charge >= 0.3 is 0 Å². The Morgan fingerprint density at radius 3 is 2.33 bits per heavy atom. The molecule has 1 atom stereocenters. The van der Waals surface area contributed by atoms with Crippen molar-refractivity contribution in [1.29, 1.82) is 0 Å². The van der Waals surface area contributed by atoms with Gasteiger partial charge in [-0.05, 0) is 62.2 Å². The smallest absolute Gasteiger partial charge is 0.237 e.